The molecule has 2 aromatic heterocycles. The van der Waals surface area contributed by atoms with E-state index in [4.69, 9.17) is 9.68 Å². The number of hydrogen-bond acceptors (Lipinski definition) is 7. The predicted octanol–water partition coefficient (Wildman–Crippen LogP) is 6.59. The van der Waals surface area contributed by atoms with Gasteiger partial charge in [0.2, 0.25) is 0 Å². The van der Waals surface area contributed by atoms with Crippen molar-refractivity contribution in [3.05, 3.63) is 47.1 Å². The number of thioether (sulfide) groups is 1. The van der Waals surface area contributed by atoms with E-state index in [0.717, 1.165) is 43.5 Å². The van der Waals surface area contributed by atoms with Gasteiger partial charge >= 0.3 is 0 Å². The molecule has 0 spiro atoms. The zero-order valence-corrected chi connectivity index (χ0v) is 25.1. The van der Waals surface area contributed by atoms with Crippen LogP contribution < -0.4 is 0 Å². The first kappa shape index (κ1) is 28.2. The second-order valence-electron chi connectivity index (χ2n) is 12.9. The third-order valence-corrected chi connectivity index (χ3v) is 11.7. The van der Waals surface area contributed by atoms with Crippen molar-refractivity contribution in [2.24, 2.45) is 34.5 Å². The molecule has 0 bridgehead atoms. The van der Waals surface area contributed by atoms with Gasteiger partial charge in [0.05, 0.1) is 42.8 Å². The minimum Gasteiger partial charge on any atom is -0.431 e. The first-order valence-corrected chi connectivity index (χ1v) is 15.9. The second kappa shape index (κ2) is 10.7. The average Bonchev–Trinajstić information content (AvgIpc) is 3.63. The van der Waals surface area contributed by atoms with Crippen molar-refractivity contribution < 1.29 is 14.3 Å². The first-order chi connectivity index (χ1) is 19.7. The Morgan fingerprint density at radius 3 is 2.95 bits per heavy atom. The molecular formula is C33H40N4O3S. The molecule has 216 valence electrons. The van der Waals surface area contributed by atoms with Crippen LogP contribution in [0.25, 0.3) is 18.2 Å². The van der Waals surface area contributed by atoms with E-state index in [9.17, 15) is 9.90 Å². The molecule has 4 aliphatic rings. The summed E-state index contributed by atoms with van der Waals surface area (Å²) in [6, 6.07) is 2.23. The molecule has 0 saturated heterocycles. The number of carbonyl (C=O) groups is 1. The number of oxazole rings is 1. The number of hydrogen-bond donors (Lipinski definition) is 1. The zero-order chi connectivity index (χ0) is 28.9. The van der Waals surface area contributed by atoms with Crippen molar-refractivity contribution in [3.63, 3.8) is 0 Å². The standard InChI is InChI=1S/C33H40N4O3S/c1-5-8-25-29(6-2)40-31(36-25)41-19-28(39)24-12-11-23-22-10-9-21-15-26-20(18-35-37(26)14-7-13-34)16-32(21,3)30(22)27(38)17-33(23,24)4/h5-6,8,15,18,22-24,27,30,38H,2,7,9-12,14,16-17,19H2,1,3-4H3/b8-5-. The van der Waals surface area contributed by atoms with Crippen LogP contribution in [-0.4, -0.2) is 37.5 Å². The number of aryl methyl sites for hydroxylation is 1. The SMILES string of the molecule is C=Cc1oc(SCC(=O)C2CCC3C4CCC5=Cc6c(cnn6CCC#N)CC5(C)C4C(O)CC23C)nc1/C=C\C. The van der Waals surface area contributed by atoms with Crippen molar-refractivity contribution in [1.82, 2.24) is 14.8 Å². The van der Waals surface area contributed by atoms with Gasteiger partial charge in [-0.3, -0.25) is 9.48 Å². The van der Waals surface area contributed by atoms with Gasteiger partial charge in [0, 0.05) is 5.92 Å². The summed E-state index contributed by atoms with van der Waals surface area (Å²) < 4.78 is 7.79. The van der Waals surface area contributed by atoms with Gasteiger partial charge in [-0.15, -0.1) is 0 Å². The summed E-state index contributed by atoms with van der Waals surface area (Å²) in [5.74, 6) is 2.14. The number of aliphatic hydroxyl groups is 1. The van der Waals surface area contributed by atoms with E-state index in [-0.39, 0.29) is 28.4 Å². The molecule has 41 heavy (non-hydrogen) atoms. The second-order valence-corrected chi connectivity index (χ2v) is 13.8. The quantitative estimate of drug-likeness (QED) is 0.356. The number of nitrogens with zero attached hydrogens (tertiary/aromatic N) is 4. The fraction of sp³-hybridized carbons (Fsp3) is 0.576. The van der Waals surface area contributed by atoms with Gasteiger partial charge in [-0.2, -0.15) is 10.4 Å². The summed E-state index contributed by atoms with van der Waals surface area (Å²) in [6.07, 6.45) is 15.2. The molecule has 7 atom stereocenters. The Balaban J connectivity index is 1.19. The number of ketones is 1. The zero-order valence-electron chi connectivity index (χ0n) is 24.3. The van der Waals surface area contributed by atoms with Crippen LogP contribution in [0.5, 0.6) is 0 Å². The highest BCUT2D eigenvalue weighted by Gasteiger charge is 2.63. The molecule has 7 unspecified atom stereocenters. The van der Waals surface area contributed by atoms with Crippen molar-refractivity contribution >= 4 is 35.8 Å². The topological polar surface area (TPSA) is 105 Å². The number of rotatable bonds is 8. The highest BCUT2D eigenvalue weighted by atomic mass is 32.2. The average molecular weight is 573 g/mol. The van der Waals surface area contributed by atoms with Gasteiger partial charge in [-0.25, -0.2) is 4.98 Å². The molecule has 0 aromatic carbocycles. The smallest absolute Gasteiger partial charge is 0.257 e. The molecule has 8 heteroatoms. The lowest BCUT2D eigenvalue weighted by molar-refractivity contribution is -0.140. The number of aromatic nitrogens is 3. The lowest BCUT2D eigenvalue weighted by atomic mass is 9.46. The van der Waals surface area contributed by atoms with Crippen LogP contribution in [0.4, 0.5) is 0 Å². The molecular weight excluding hydrogens is 532 g/mol. The van der Waals surface area contributed by atoms with E-state index in [1.807, 2.05) is 30.0 Å². The van der Waals surface area contributed by atoms with Crippen molar-refractivity contribution in [2.75, 3.05) is 5.75 Å². The number of carbonyl (C=O) groups excluding carboxylic acids is 1. The molecule has 2 aromatic rings. The predicted molar refractivity (Wildman–Crippen MR) is 160 cm³/mol. The Bertz CT molecular complexity index is 1460. The highest BCUT2D eigenvalue weighted by molar-refractivity contribution is 7.99. The van der Waals surface area contributed by atoms with Crippen molar-refractivity contribution in [3.8, 4) is 6.07 Å². The summed E-state index contributed by atoms with van der Waals surface area (Å²) in [6.45, 7) is 11.0. The maximum Gasteiger partial charge on any atom is 0.257 e. The number of Topliss-reactive ketones (excluding diaryl/α,β-unsaturated/α-hetero) is 1. The van der Waals surface area contributed by atoms with Gasteiger partial charge in [-0.05, 0) is 97.8 Å². The van der Waals surface area contributed by atoms with E-state index < -0.39 is 6.10 Å². The van der Waals surface area contributed by atoms with E-state index in [1.165, 1.54) is 22.9 Å². The maximum atomic E-state index is 13.7. The van der Waals surface area contributed by atoms with E-state index in [0.29, 0.717) is 48.0 Å². The minimum atomic E-state index is -0.448. The fourth-order valence-corrected chi connectivity index (χ4v) is 9.92. The van der Waals surface area contributed by atoms with Crippen LogP contribution in [0.1, 0.15) is 82.0 Å². The molecule has 2 heterocycles. The monoisotopic (exact) mass is 572 g/mol. The van der Waals surface area contributed by atoms with Gasteiger partial charge < -0.3 is 9.52 Å². The summed E-state index contributed by atoms with van der Waals surface area (Å²) in [5, 5.41) is 26.0. The van der Waals surface area contributed by atoms with Crippen molar-refractivity contribution in [2.45, 2.75) is 83.6 Å². The van der Waals surface area contributed by atoms with Crippen molar-refractivity contribution in [1.29, 1.82) is 5.26 Å². The number of nitriles is 1. The van der Waals surface area contributed by atoms with Crippen LogP contribution >= 0.6 is 11.8 Å². The minimum absolute atomic E-state index is 0.0551. The summed E-state index contributed by atoms with van der Waals surface area (Å²) >= 11 is 1.36. The van der Waals surface area contributed by atoms with Crippen LogP contribution in [-0.2, 0) is 17.8 Å². The summed E-state index contributed by atoms with van der Waals surface area (Å²) in [4.78, 5) is 18.2. The largest absolute Gasteiger partial charge is 0.431 e. The summed E-state index contributed by atoms with van der Waals surface area (Å²) in [5.41, 5.74) is 4.18. The van der Waals surface area contributed by atoms with Crippen LogP contribution in [0, 0.1) is 45.8 Å². The molecule has 0 amide bonds. The molecule has 4 aliphatic carbocycles. The molecule has 0 aliphatic heterocycles. The Kier molecular flexibility index (Phi) is 7.40. The number of aliphatic hydroxyl groups excluding tert-OH is 1. The number of allylic oxidation sites excluding steroid dienone is 2. The molecule has 3 saturated carbocycles. The van der Waals surface area contributed by atoms with E-state index in [1.54, 1.807) is 6.08 Å². The van der Waals surface area contributed by atoms with Gasteiger partial charge in [0.1, 0.15) is 11.5 Å². The van der Waals surface area contributed by atoms with Gasteiger partial charge in [-0.1, -0.05) is 43.8 Å². The van der Waals surface area contributed by atoms with Crippen LogP contribution in [0.15, 0.2) is 34.1 Å². The van der Waals surface area contributed by atoms with Crippen LogP contribution in [0.3, 0.4) is 0 Å². The third kappa shape index (κ3) is 4.56. The number of fused-ring (bicyclic) bond motifs is 6. The Labute approximate surface area is 246 Å². The normalized spacial score (nSPS) is 33.8. The van der Waals surface area contributed by atoms with E-state index in [2.05, 4.69) is 42.7 Å². The molecule has 1 N–H and O–H groups in total. The molecule has 3 fully saturated rings. The summed E-state index contributed by atoms with van der Waals surface area (Å²) in [7, 11) is 0. The van der Waals surface area contributed by atoms with Crippen LogP contribution in [0.2, 0.25) is 0 Å². The Hall–Kier alpha value is -2.89. The molecule has 7 nitrogen and oxygen atoms in total. The molecule has 0 radical (unpaired) electrons. The highest BCUT2D eigenvalue weighted by Crippen LogP contribution is 2.66. The lowest BCUT2D eigenvalue weighted by Gasteiger charge is -2.59. The van der Waals surface area contributed by atoms with Gasteiger partial charge in [0.15, 0.2) is 5.76 Å². The maximum absolute atomic E-state index is 13.7. The first-order valence-electron chi connectivity index (χ1n) is 15.0. The van der Waals surface area contributed by atoms with Gasteiger partial charge in [0.25, 0.3) is 5.22 Å². The fourth-order valence-electron chi connectivity index (χ4n) is 9.14. The Morgan fingerprint density at radius 2 is 2.20 bits per heavy atom. The van der Waals surface area contributed by atoms with E-state index >= 15 is 0 Å². The molecule has 6 rings (SSSR count). The lowest BCUT2D eigenvalue weighted by Crippen LogP contribution is -2.57. The Morgan fingerprint density at radius 1 is 1.37 bits per heavy atom. The third-order valence-electron chi connectivity index (χ3n) is 10.8.